The van der Waals surface area contributed by atoms with E-state index < -0.39 is 5.82 Å². The van der Waals surface area contributed by atoms with Crippen LogP contribution in [0.1, 0.15) is 30.3 Å². The molecule has 1 aromatic carbocycles. The second-order valence-corrected chi connectivity index (χ2v) is 6.59. The van der Waals surface area contributed by atoms with Gasteiger partial charge in [0.15, 0.2) is 11.4 Å². The number of aromatic amines is 1. The number of nitrogens with one attached hydrogen (secondary N) is 1. The van der Waals surface area contributed by atoms with Gasteiger partial charge in [0.2, 0.25) is 0 Å². The number of hydrogen-bond acceptors (Lipinski definition) is 5. The summed E-state index contributed by atoms with van der Waals surface area (Å²) >= 11 is 7.32. The zero-order valence-electron chi connectivity index (χ0n) is 12.3. The number of nitriles is 1. The van der Waals surface area contributed by atoms with E-state index in [1.165, 1.54) is 23.5 Å². The van der Waals surface area contributed by atoms with Gasteiger partial charge in [0.1, 0.15) is 22.6 Å². The molecule has 0 fully saturated rings. The number of aromatic nitrogens is 4. The Balaban J connectivity index is 2.16. The van der Waals surface area contributed by atoms with Crippen LogP contribution in [0, 0.1) is 17.1 Å². The molecule has 0 unspecified atom stereocenters. The predicted octanol–water partition coefficient (Wildman–Crippen LogP) is 4.38. The molecule has 0 saturated carbocycles. The Hall–Kier alpha value is -2.30. The van der Waals surface area contributed by atoms with E-state index >= 15 is 0 Å². The van der Waals surface area contributed by atoms with Crippen molar-refractivity contribution in [2.45, 2.75) is 19.8 Å². The standard InChI is InChI=1S/C15H11ClFN5S/c1-7(2)14-13(12-11(6-18)20-22-21-12)19-15(23-14)8-3-4-10(17)9(16)5-8/h3-5,7H,1-2H3,(H,20,21,22). The number of H-pyrrole nitrogens is 1. The first kappa shape index (κ1) is 15.6. The van der Waals surface area contributed by atoms with E-state index in [2.05, 4.69) is 20.4 Å². The van der Waals surface area contributed by atoms with Crippen LogP contribution in [-0.2, 0) is 0 Å². The molecular weight excluding hydrogens is 337 g/mol. The zero-order valence-corrected chi connectivity index (χ0v) is 13.8. The number of thiazole rings is 1. The monoisotopic (exact) mass is 347 g/mol. The minimum Gasteiger partial charge on any atom is -0.234 e. The fourth-order valence-electron chi connectivity index (χ4n) is 2.12. The summed E-state index contributed by atoms with van der Waals surface area (Å²) in [5, 5.41) is 20.2. The highest BCUT2D eigenvalue weighted by molar-refractivity contribution is 7.15. The third kappa shape index (κ3) is 2.83. The van der Waals surface area contributed by atoms with Gasteiger partial charge >= 0.3 is 0 Å². The van der Waals surface area contributed by atoms with Crippen LogP contribution in [0.2, 0.25) is 5.02 Å². The van der Waals surface area contributed by atoms with Crippen molar-refractivity contribution in [2.24, 2.45) is 0 Å². The van der Waals surface area contributed by atoms with Crippen LogP contribution in [0.4, 0.5) is 4.39 Å². The Morgan fingerprint density at radius 3 is 2.74 bits per heavy atom. The van der Waals surface area contributed by atoms with Gasteiger partial charge in [-0.2, -0.15) is 15.6 Å². The van der Waals surface area contributed by atoms with Gasteiger partial charge in [-0.1, -0.05) is 25.4 Å². The lowest BCUT2D eigenvalue weighted by molar-refractivity contribution is 0.628. The van der Waals surface area contributed by atoms with E-state index in [0.717, 1.165) is 10.4 Å². The molecule has 0 amide bonds. The average molecular weight is 348 g/mol. The molecule has 3 aromatic rings. The van der Waals surface area contributed by atoms with E-state index in [0.29, 0.717) is 16.4 Å². The van der Waals surface area contributed by atoms with Crippen LogP contribution >= 0.6 is 22.9 Å². The first-order chi connectivity index (χ1) is 11.0. The summed E-state index contributed by atoms with van der Waals surface area (Å²) < 4.78 is 13.3. The minimum atomic E-state index is -0.473. The lowest BCUT2D eigenvalue weighted by Gasteiger charge is -2.02. The lowest BCUT2D eigenvalue weighted by Crippen LogP contribution is -1.91. The fourth-order valence-corrected chi connectivity index (χ4v) is 3.36. The number of hydrogen-bond donors (Lipinski definition) is 1. The van der Waals surface area contributed by atoms with Crippen molar-refractivity contribution >= 4 is 22.9 Å². The van der Waals surface area contributed by atoms with Crippen LogP contribution in [0.15, 0.2) is 18.2 Å². The van der Waals surface area contributed by atoms with Gasteiger partial charge in [-0.25, -0.2) is 9.37 Å². The Morgan fingerprint density at radius 1 is 1.30 bits per heavy atom. The summed E-state index contributed by atoms with van der Waals surface area (Å²) in [4.78, 5) is 5.57. The molecule has 116 valence electrons. The van der Waals surface area contributed by atoms with Gasteiger partial charge in [0.25, 0.3) is 0 Å². The quantitative estimate of drug-likeness (QED) is 0.762. The summed E-state index contributed by atoms with van der Waals surface area (Å²) in [7, 11) is 0. The Morgan fingerprint density at radius 2 is 2.09 bits per heavy atom. The van der Waals surface area contributed by atoms with E-state index in [1.54, 1.807) is 6.07 Å². The van der Waals surface area contributed by atoms with Gasteiger partial charge in [0, 0.05) is 10.4 Å². The van der Waals surface area contributed by atoms with Crippen molar-refractivity contribution in [3.63, 3.8) is 0 Å². The zero-order chi connectivity index (χ0) is 16.6. The fraction of sp³-hybridized carbons (Fsp3) is 0.200. The summed E-state index contributed by atoms with van der Waals surface area (Å²) in [6.07, 6.45) is 0. The number of nitrogens with zero attached hydrogens (tertiary/aromatic N) is 4. The van der Waals surface area contributed by atoms with Crippen molar-refractivity contribution < 1.29 is 4.39 Å². The Kier molecular flexibility index (Phi) is 4.11. The van der Waals surface area contributed by atoms with Crippen molar-refractivity contribution in [3.05, 3.63) is 39.6 Å². The Labute approximate surface area is 140 Å². The molecule has 0 aliphatic rings. The Bertz CT molecular complexity index is 909. The van der Waals surface area contributed by atoms with Gasteiger partial charge in [0.05, 0.1) is 5.02 Å². The van der Waals surface area contributed by atoms with Crippen molar-refractivity contribution in [1.82, 2.24) is 20.4 Å². The average Bonchev–Trinajstić information content (AvgIpc) is 3.15. The van der Waals surface area contributed by atoms with Crippen molar-refractivity contribution in [1.29, 1.82) is 5.26 Å². The van der Waals surface area contributed by atoms with Crippen molar-refractivity contribution in [3.8, 4) is 28.0 Å². The molecule has 0 atom stereocenters. The molecule has 2 heterocycles. The minimum absolute atomic E-state index is 0.0458. The van der Waals surface area contributed by atoms with E-state index in [9.17, 15) is 4.39 Å². The van der Waals surface area contributed by atoms with Crippen LogP contribution in [-0.4, -0.2) is 20.4 Å². The second-order valence-electron chi connectivity index (χ2n) is 5.15. The SMILES string of the molecule is CC(C)c1sc(-c2ccc(F)c(Cl)c2)nc1-c1n[nH]nc1C#N. The highest BCUT2D eigenvalue weighted by atomic mass is 35.5. The molecule has 0 aliphatic carbocycles. The normalized spacial score (nSPS) is 11.0. The van der Waals surface area contributed by atoms with E-state index in [-0.39, 0.29) is 16.6 Å². The maximum atomic E-state index is 13.3. The summed E-state index contributed by atoms with van der Waals surface area (Å²) in [5.41, 5.74) is 1.95. The molecule has 1 N–H and O–H groups in total. The highest BCUT2D eigenvalue weighted by Crippen LogP contribution is 2.38. The van der Waals surface area contributed by atoms with Crippen LogP contribution in [0.25, 0.3) is 22.0 Å². The third-order valence-corrected chi connectivity index (χ3v) is 4.92. The lowest BCUT2D eigenvalue weighted by atomic mass is 10.1. The van der Waals surface area contributed by atoms with E-state index in [4.69, 9.17) is 16.9 Å². The van der Waals surface area contributed by atoms with E-state index in [1.807, 2.05) is 19.9 Å². The molecule has 23 heavy (non-hydrogen) atoms. The molecule has 0 radical (unpaired) electrons. The van der Waals surface area contributed by atoms with Crippen molar-refractivity contribution in [2.75, 3.05) is 0 Å². The number of rotatable bonds is 3. The first-order valence-corrected chi connectivity index (χ1v) is 7.98. The second kappa shape index (κ2) is 6.07. The van der Waals surface area contributed by atoms with Gasteiger partial charge in [-0.3, -0.25) is 0 Å². The molecule has 2 aromatic heterocycles. The van der Waals surface area contributed by atoms with Crippen LogP contribution in [0.3, 0.4) is 0 Å². The molecule has 0 spiro atoms. The molecule has 0 bridgehead atoms. The molecule has 8 heteroatoms. The van der Waals surface area contributed by atoms with Gasteiger partial charge < -0.3 is 0 Å². The summed E-state index contributed by atoms with van der Waals surface area (Å²) in [5.74, 6) is -0.282. The number of halogens is 2. The predicted molar refractivity (Wildman–Crippen MR) is 86.7 cm³/mol. The first-order valence-electron chi connectivity index (χ1n) is 6.78. The third-order valence-electron chi connectivity index (χ3n) is 3.22. The smallest absolute Gasteiger partial charge is 0.192 e. The molecule has 3 rings (SSSR count). The molecular formula is C15H11ClFN5S. The highest BCUT2D eigenvalue weighted by Gasteiger charge is 2.22. The maximum Gasteiger partial charge on any atom is 0.192 e. The van der Waals surface area contributed by atoms with Gasteiger partial charge in [-0.15, -0.1) is 16.4 Å². The maximum absolute atomic E-state index is 13.3. The topological polar surface area (TPSA) is 78.2 Å². The van der Waals surface area contributed by atoms with Crippen LogP contribution < -0.4 is 0 Å². The molecule has 0 aliphatic heterocycles. The number of benzene rings is 1. The summed E-state index contributed by atoms with van der Waals surface area (Å²) in [6, 6.07) is 6.47. The molecule has 5 nitrogen and oxygen atoms in total. The summed E-state index contributed by atoms with van der Waals surface area (Å²) in [6.45, 7) is 4.06. The van der Waals surface area contributed by atoms with Crippen LogP contribution in [0.5, 0.6) is 0 Å². The largest absolute Gasteiger partial charge is 0.234 e. The van der Waals surface area contributed by atoms with Gasteiger partial charge in [-0.05, 0) is 24.1 Å². The molecule has 0 saturated heterocycles.